The molecule has 1 unspecified atom stereocenters. The maximum Gasteiger partial charge on any atom is 0.237 e. The van der Waals surface area contributed by atoms with Crippen LogP contribution in [0.5, 0.6) is 0 Å². The van der Waals surface area contributed by atoms with Gasteiger partial charge in [0, 0.05) is 12.6 Å². The van der Waals surface area contributed by atoms with Crippen LogP contribution in [0.1, 0.15) is 33.6 Å². The molecule has 0 saturated heterocycles. The molecule has 0 bridgehead atoms. The van der Waals surface area contributed by atoms with Gasteiger partial charge in [-0.3, -0.25) is 9.69 Å². The summed E-state index contributed by atoms with van der Waals surface area (Å²) in [6, 6.07) is 0.359. The number of rotatable bonds is 6. The first-order chi connectivity index (χ1) is 7.35. The standard InChI is InChI=1S/C12H25N3O.ClH/c1-9(11(16)14-10-5-6-10)15(4)8-12(2,3)7-13;/h9-10H,5-8,13H2,1-4H3,(H,14,16);1H. The Hall–Kier alpha value is -0.320. The molecule has 1 saturated carbocycles. The molecule has 0 radical (unpaired) electrons. The zero-order valence-corrected chi connectivity index (χ0v) is 12.1. The van der Waals surface area contributed by atoms with Crippen LogP contribution >= 0.6 is 12.4 Å². The van der Waals surface area contributed by atoms with Crippen LogP contribution < -0.4 is 11.1 Å². The topological polar surface area (TPSA) is 58.4 Å². The largest absolute Gasteiger partial charge is 0.352 e. The van der Waals surface area contributed by atoms with Crippen molar-refractivity contribution in [3.05, 3.63) is 0 Å². The molecule has 1 fully saturated rings. The first kappa shape index (κ1) is 16.7. The van der Waals surface area contributed by atoms with E-state index in [0.29, 0.717) is 12.6 Å². The third kappa shape index (κ3) is 5.70. The molecular formula is C12H26ClN3O. The van der Waals surface area contributed by atoms with Gasteiger partial charge in [0.25, 0.3) is 0 Å². The minimum atomic E-state index is -0.0774. The molecule has 0 heterocycles. The van der Waals surface area contributed by atoms with Crippen molar-refractivity contribution < 1.29 is 4.79 Å². The van der Waals surface area contributed by atoms with E-state index in [9.17, 15) is 4.79 Å². The van der Waals surface area contributed by atoms with Gasteiger partial charge < -0.3 is 11.1 Å². The zero-order chi connectivity index (χ0) is 12.3. The predicted octanol–water partition coefficient (Wildman–Crippen LogP) is 0.992. The number of hydrogen-bond donors (Lipinski definition) is 2. The first-order valence-electron chi connectivity index (χ1n) is 6.06. The van der Waals surface area contributed by atoms with Gasteiger partial charge in [0.05, 0.1) is 6.04 Å². The zero-order valence-electron chi connectivity index (χ0n) is 11.3. The third-order valence-corrected chi connectivity index (χ3v) is 3.19. The van der Waals surface area contributed by atoms with Crippen LogP contribution in [-0.4, -0.2) is 43.0 Å². The van der Waals surface area contributed by atoms with E-state index < -0.39 is 0 Å². The van der Waals surface area contributed by atoms with Crippen LogP contribution in [0.2, 0.25) is 0 Å². The van der Waals surface area contributed by atoms with E-state index in [2.05, 4.69) is 24.1 Å². The highest BCUT2D eigenvalue weighted by atomic mass is 35.5. The number of carbonyl (C=O) groups excluding carboxylic acids is 1. The smallest absolute Gasteiger partial charge is 0.237 e. The quantitative estimate of drug-likeness (QED) is 0.752. The van der Waals surface area contributed by atoms with Crippen molar-refractivity contribution in [3.8, 4) is 0 Å². The first-order valence-corrected chi connectivity index (χ1v) is 6.06. The van der Waals surface area contributed by atoms with Gasteiger partial charge in [-0.25, -0.2) is 0 Å². The maximum absolute atomic E-state index is 11.8. The number of hydrogen-bond acceptors (Lipinski definition) is 3. The lowest BCUT2D eigenvalue weighted by Gasteiger charge is -2.32. The van der Waals surface area contributed by atoms with Crippen molar-refractivity contribution >= 4 is 18.3 Å². The Morgan fingerprint density at radius 3 is 2.47 bits per heavy atom. The van der Waals surface area contributed by atoms with Gasteiger partial charge in [-0.2, -0.15) is 0 Å². The predicted molar refractivity (Wildman–Crippen MR) is 73.3 cm³/mol. The SMILES string of the molecule is CC(C(=O)NC1CC1)N(C)CC(C)(C)CN.Cl. The summed E-state index contributed by atoms with van der Waals surface area (Å²) >= 11 is 0. The Bertz CT molecular complexity index is 254. The van der Waals surface area contributed by atoms with Crippen LogP contribution in [0, 0.1) is 5.41 Å². The molecule has 17 heavy (non-hydrogen) atoms. The summed E-state index contributed by atoms with van der Waals surface area (Å²) in [5.41, 5.74) is 5.75. The second kappa shape index (κ2) is 6.57. The van der Waals surface area contributed by atoms with E-state index in [-0.39, 0.29) is 29.8 Å². The highest BCUT2D eigenvalue weighted by Gasteiger charge is 2.29. The highest BCUT2D eigenvalue weighted by molar-refractivity contribution is 5.85. The van der Waals surface area contributed by atoms with Gasteiger partial charge in [-0.05, 0) is 38.8 Å². The van der Waals surface area contributed by atoms with E-state index >= 15 is 0 Å². The molecule has 0 spiro atoms. The van der Waals surface area contributed by atoms with Crippen molar-refractivity contribution in [2.24, 2.45) is 11.1 Å². The van der Waals surface area contributed by atoms with E-state index in [1.54, 1.807) is 0 Å². The lowest BCUT2D eigenvalue weighted by molar-refractivity contribution is -0.125. The summed E-state index contributed by atoms with van der Waals surface area (Å²) in [6.45, 7) is 7.66. The second-order valence-corrected chi connectivity index (χ2v) is 5.74. The Kier molecular flexibility index (Phi) is 6.45. The van der Waals surface area contributed by atoms with Gasteiger partial charge in [-0.15, -0.1) is 12.4 Å². The molecule has 102 valence electrons. The third-order valence-electron chi connectivity index (χ3n) is 3.19. The Labute approximate surface area is 111 Å². The summed E-state index contributed by atoms with van der Waals surface area (Å²) in [5, 5.41) is 3.03. The van der Waals surface area contributed by atoms with Crippen LogP contribution in [0.3, 0.4) is 0 Å². The Morgan fingerprint density at radius 1 is 1.53 bits per heavy atom. The van der Waals surface area contributed by atoms with E-state index in [1.807, 2.05) is 14.0 Å². The number of halogens is 1. The van der Waals surface area contributed by atoms with Gasteiger partial charge in [0.15, 0.2) is 0 Å². The monoisotopic (exact) mass is 263 g/mol. The maximum atomic E-state index is 11.8. The summed E-state index contributed by atoms with van der Waals surface area (Å²) < 4.78 is 0. The lowest BCUT2D eigenvalue weighted by atomic mass is 9.93. The van der Waals surface area contributed by atoms with E-state index in [1.165, 1.54) is 0 Å². The van der Waals surface area contributed by atoms with Crippen molar-refractivity contribution in [3.63, 3.8) is 0 Å². The molecule has 0 aromatic carbocycles. The molecule has 4 nitrogen and oxygen atoms in total. The highest BCUT2D eigenvalue weighted by Crippen LogP contribution is 2.20. The summed E-state index contributed by atoms with van der Waals surface area (Å²) in [4.78, 5) is 13.9. The van der Waals surface area contributed by atoms with Crippen molar-refractivity contribution in [1.82, 2.24) is 10.2 Å². The number of carbonyl (C=O) groups is 1. The van der Waals surface area contributed by atoms with E-state index in [4.69, 9.17) is 5.73 Å². The fraction of sp³-hybridized carbons (Fsp3) is 0.917. The average molecular weight is 264 g/mol. The molecule has 0 aromatic heterocycles. The summed E-state index contributed by atoms with van der Waals surface area (Å²) in [6.07, 6.45) is 2.27. The minimum Gasteiger partial charge on any atom is -0.352 e. The normalized spacial score (nSPS) is 17.5. The van der Waals surface area contributed by atoms with Gasteiger partial charge in [-0.1, -0.05) is 13.8 Å². The molecule has 1 aliphatic carbocycles. The average Bonchev–Trinajstić information content (AvgIpc) is 2.99. The van der Waals surface area contributed by atoms with Crippen molar-refractivity contribution in [2.75, 3.05) is 20.1 Å². The molecular weight excluding hydrogens is 238 g/mol. The number of nitrogens with zero attached hydrogens (tertiary/aromatic N) is 1. The molecule has 5 heteroatoms. The van der Waals surface area contributed by atoms with Crippen LogP contribution in [0.4, 0.5) is 0 Å². The Morgan fingerprint density at radius 2 is 2.06 bits per heavy atom. The second-order valence-electron chi connectivity index (χ2n) is 5.74. The molecule has 1 atom stereocenters. The molecule has 1 rings (SSSR count). The summed E-state index contributed by atoms with van der Waals surface area (Å²) in [7, 11) is 1.98. The molecule has 1 aliphatic rings. The fourth-order valence-corrected chi connectivity index (χ4v) is 1.63. The van der Waals surface area contributed by atoms with Crippen LogP contribution in [0.15, 0.2) is 0 Å². The van der Waals surface area contributed by atoms with E-state index in [0.717, 1.165) is 19.4 Å². The summed E-state index contributed by atoms with van der Waals surface area (Å²) in [5.74, 6) is 0.137. The number of amides is 1. The van der Waals surface area contributed by atoms with Gasteiger partial charge >= 0.3 is 0 Å². The van der Waals surface area contributed by atoms with Gasteiger partial charge in [0.2, 0.25) is 5.91 Å². The van der Waals surface area contributed by atoms with Crippen molar-refractivity contribution in [2.45, 2.75) is 45.7 Å². The molecule has 3 N–H and O–H groups in total. The van der Waals surface area contributed by atoms with Crippen LogP contribution in [-0.2, 0) is 4.79 Å². The number of likely N-dealkylation sites (N-methyl/N-ethyl adjacent to an activating group) is 1. The minimum absolute atomic E-state index is 0. The fourth-order valence-electron chi connectivity index (χ4n) is 1.63. The van der Waals surface area contributed by atoms with Crippen molar-refractivity contribution in [1.29, 1.82) is 0 Å². The number of nitrogens with one attached hydrogen (secondary N) is 1. The molecule has 0 aromatic rings. The molecule has 1 amide bonds. The van der Waals surface area contributed by atoms with Gasteiger partial charge in [0.1, 0.15) is 0 Å². The number of nitrogens with two attached hydrogens (primary N) is 1. The van der Waals surface area contributed by atoms with Crippen LogP contribution in [0.25, 0.3) is 0 Å². The Balaban J connectivity index is 0.00000256. The lowest BCUT2D eigenvalue weighted by Crippen LogP contribution is -2.48. The molecule has 0 aliphatic heterocycles.